The van der Waals surface area contributed by atoms with Gasteiger partial charge in [-0.3, -0.25) is 33.7 Å². The SMILES string of the molecule is C[C@]12C=CC(=O)C=C1[C@@H](F)C[C@H]1[C@@H]3C[C@H]4O[C@@H](c5ccc(Cc6cccc(NC(=O)CCOCCOCCCNC(=O)CCN7C(=O)C=CC7=O)c6)cc5)O[C@@]4(C(=O)CO)[C@@]3(C)C[C@H](O)[C@@]12F. The lowest BCUT2D eigenvalue weighted by atomic mass is 9.44. The number of alkyl halides is 2. The summed E-state index contributed by atoms with van der Waals surface area (Å²) in [6.07, 6.45) is 1.78. The van der Waals surface area contributed by atoms with Crippen molar-refractivity contribution in [2.24, 2.45) is 22.7 Å². The molecular weight excluding hydrogens is 873 g/mol. The summed E-state index contributed by atoms with van der Waals surface area (Å²) < 4.78 is 57.9. The van der Waals surface area contributed by atoms with Crippen LogP contribution in [0.3, 0.4) is 0 Å². The van der Waals surface area contributed by atoms with Crippen LogP contribution in [-0.4, -0.2) is 126 Å². The van der Waals surface area contributed by atoms with E-state index >= 15 is 8.78 Å². The van der Waals surface area contributed by atoms with Crippen LogP contribution in [0.25, 0.3) is 0 Å². The molecule has 17 heteroatoms. The highest BCUT2D eigenvalue weighted by molar-refractivity contribution is 6.13. The van der Waals surface area contributed by atoms with E-state index in [9.17, 15) is 39.0 Å². The highest BCUT2D eigenvalue weighted by Crippen LogP contribution is 2.72. The zero-order valence-electron chi connectivity index (χ0n) is 37.5. The van der Waals surface area contributed by atoms with E-state index in [1.807, 2.05) is 42.5 Å². The summed E-state index contributed by atoms with van der Waals surface area (Å²) in [7, 11) is 0. The second-order valence-corrected chi connectivity index (χ2v) is 18.7. The first-order valence-corrected chi connectivity index (χ1v) is 22.9. The zero-order valence-corrected chi connectivity index (χ0v) is 37.5. The van der Waals surface area contributed by atoms with Gasteiger partial charge >= 0.3 is 0 Å². The first-order valence-electron chi connectivity index (χ1n) is 22.9. The van der Waals surface area contributed by atoms with Crippen LogP contribution in [0.5, 0.6) is 0 Å². The number of hydrogen-bond acceptors (Lipinski definition) is 12. The second kappa shape index (κ2) is 19.4. The summed E-state index contributed by atoms with van der Waals surface area (Å²) in [6, 6.07) is 14.9. The van der Waals surface area contributed by atoms with Crippen molar-refractivity contribution in [2.45, 2.75) is 94.7 Å². The third kappa shape index (κ3) is 8.85. The Labute approximate surface area is 386 Å². The number of nitrogens with one attached hydrogen (secondary N) is 2. The van der Waals surface area contributed by atoms with Gasteiger partial charge in [0.05, 0.1) is 38.4 Å². The average Bonchev–Trinajstić information content (AvgIpc) is 3.93. The van der Waals surface area contributed by atoms with Gasteiger partial charge in [-0.2, -0.15) is 0 Å². The molecular formula is C50H57F2N3O12. The van der Waals surface area contributed by atoms with Gasteiger partial charge in [-0.05, 0) is 85.9 Å². The fourth-order valence-electron chi connectivity index (χ4n) is 11.6. The minimum Gasteiger partial charge on any atom is -0.390 e. The van der Waals surface area contributed by atoms with Crippen LogP contribution in [0.15, 0.2) is 84.5 Å². The number of rotatable bonds is 19. The topological polar surface area (TPSA) is 207 Å². The molecule has 0 radical (unpaired) electrons. The number of allylic oxidation sites excluding steroid dienone is 4. The summed E-state index contributed by atoms with van der Waals surface area (Å²) in [5.41, 5.74) is -3.76. The summed E-state index contributed by atoms with van der Waals surface area (Å²) in [6.45, 7) is 4.00. The molecule has 4 amide bonds. The van der Waals surface area contributed by atoms with Gasteiger partial charge in [-0.15, -0.1) is 0 Å². The van der Waals surface area contributed by atoms with E-state index in [1.165, 1.54) is 31.2 Å². The maximum atomic E-state index is 17.7. The number of carbonyl (C=O) groups excluding carboxylic acids is 6. The molecule has 0 unspecified atom stereocenters. The van der Waals surface area contributed by atoms with Gasteiger partial charge < -0.3 is 39.8 Å². The lowest BCUT2D eigenvalue weighted by Crippen LogP contribution is -2.70. The molecule has 0 aromatic heterocycles. The standard InChI is InChI=1S/C50H57F2N3O12/c1-47-16-13-34(57)25-37(47)38(51)26-36-35-27-41-50(40(59)29-56,48(35,2)28-39(58)49(36,47)52)67-46(66-41)32-9-7-30(8-10-32)23-31-5-3-6-33(24-31)54-43(61)15-20-65-22-21-64-19-4-17-53-42(60)14-18-55-44(62)11-12-45(55)63/h3,5-13,16,24-25,35-36,38-39,41,46,56,58H,4,14-15,17-23,26-29H2,1-2H3,(H,53,60)(H,54,61)/t35-,36-,38-,39-,41+,46+,47-,48-,49-,50+/m0/s1. The largest absolute Gasteiger partial charge is 0.390 e. The monoisotopic (exact) mass is 929 g/mol. The second-order valence-electron chi connectivity index (χ2n) is 18.7. The number of aliphatic hydroxyl groups is 2. The molecule has 4 fully saturated rings. The van der Waals surface area contributed by atoms with Crippen LogP contribution < -0.4 is 10.6 Å². The number of aliphatic hydroxyl groups excluding tert-OH is 2. The highest BCUT2D eigenvalue weighted by atomic mass is 19.1. The zero-order chi connectivity index (χ0) is 47.7. The molecule has 15 nitrogen and oxygen atoms in total. The quantitative estimate of drug-likeness (QED) is 0.116. The molecule has 1 saturated heterocycles. The molecule has 0 spiro atoms. The molecule has 8 rings (SSSR count). The third-order valence-electron chi connectivity index (χ3n) is 14.9. The molecule has 3 saturated carbocycles. The highest BCUT2D eigenvalue weighted by Gasteiger charge is 2.80. The maximum Gasteiger partial charge on any atom is 0.253 e. The molecule has 2 aliphatic heterocycles. The number of anilines is 1. The minimum absolute atomic E-state index is 0.0102. The van der Waals surface area contributed by atoms with Crippen LogP contribution in [0, 0.1) is 22.7 Å². The predicted molar refractivity (Wildman–Crippen MR) is 236 cm³/mol. The summed E-state index contributed by atoms with van der Waals surface area (Å²) >= 11 is 0. The van der Waals surface area contributed by atoms with Gasteiger partial charge in [0.25, 0.3) is 11.8 Å². The number of ether oxygens (including phenoxy) is 4. The summed E-state index contributed by atoms with van der Waals surface area (Å²) in [5.74, 6) is -4.10. The average molecular weight is 930 g/mol. The Morgan fingerprint density at radius 2 is 1.63 bits per heavy atom. The number of amides is 4. The molecule has 67 heavy (non-hydrogen) atoms. The Morgan fingerprint density at radius 1 is 0.896 bits per heavy atom. The number of hydrogen-bond donors (Lipinski definition) is 4. The number of benzene rings is 2. The van der Waals surface area contributed by atoms with Crippen molar-refractivity contribution < 1.29 is 66.7 Å². The van der Waals surface area contributed by atoms with Gasteiger partial charge in [0, 0.05) is 66.3 Å². The number of fused-ring (bicyclic) bond motifs is 7. The van der Waals surface area contributed by atoms with Crippen molar-refractivity contribution in [3.8, 4) is 0 Å². The molecule has 0 bridgehead atoms. The van der Waals surface area contributed by atoms with E-state index in [1.54, 1.807) is 13.0 Å². The minimum atomic E-state index is -2.34. The lowest BCUT2D eigenvalue weighted by Gasteiger charge is -2.63. The van der Waals surface area contributed by atoms with Gasteiger partial charge in [0.15, 0.2) is 29.1 Å². The normalized spacial score (nSPS) is 32.7. The molecule has 2 heterocycles. The van der Waals surface area contributed by atoms with E-state index in [0.29, 0.717) is 43.9 Å². The Hall–Kier alpha value is -5.30. The van der Waals surface area contributed by atoms with Crippen molar-refractivity contribution in [2.75, 3.05) is 51.4 Å². The Balaban J connectivity index is 0.787. The molecule has 2 aromatic rings. The Morgan fingerprint density at radius 3 is 2.36 bits per heavy atom. The van der Waals surface area contributed by atoms with Crippen molar-refractivity contribution in [1.82, 2.24) is 10.2 Å². The van der Waals surface area contributed by atoms with Crippen molar-refractivity contribution >= 4 is 40.9 Å². The molecule has 4 N–H and O–H groups in total. The van der Waals surface area contributed by atoms with Crippen molar-refractivity contribution in [3.05, 3.63) is 101 Å². The van der Waals surface area contributed by atoms with Crippen LogP contribution in [0.4, 0.5) is 14.5 Å². The summed E-state index contributed by atoms with van der Waals surface area (Å²) in [5, 5.41) is 27.7. The molecule has 6 aliphatic rings. The van der Waals surface area contributed by atoms with Crippen LogP contribution in [0.2, 0.25) is 0 Å². The number of Topliss-reactive ketones (excluding diaryl/α,β-unsaturated/α-hetero) is 1. The van der Waals surface area contributed by atoms with Gasteiger partial charge in [-0.1, -0.05) is 49.4 Å². The molecule has 2 aromatic carbocycles. The van der Waals surface area contributed by atoms with Crippen molar-refractivity contribution in [1.29, 1.82) is 0 Å². The van der Waals surface area contributed by atoms with Crippen LogP contribution in [0.1, 0.15) is 75.4 Å². The van der Waals surface area contributed by atoms with Crippen molar-refractivity contribution in [3.63, 3.8) is 0 Å². The van der Waals surface area contributed by atoms with E-state index in [-0.39, 0.29) is 69.3 Å². The number of carbonyl (C=O) groups is 6. The van der Waals surface area contributed by atoms with E-state index < -0.39 is 88.6 Å². The fourth-order valence-corrected chi connectivity index (χ4v) is 11.6. The first kappa shape index (κ1) is 48.2. The van der Waals surface area contributed by atoms with E-state index in [0.717, 1.165) is 22.1 Å². The fraction of sp³-hybridized carbons (Fsp3) is 0.520. The van der Waals surface area contributed by atoms with Gasteiger partial charge in [0.2, 0.25) is 11.8 Å². The van der Waals surface area contributed by atoms with E-state index in [2.05, 4.69) is 10.6 Å². The molecule has 4 aliphatic carbocycles. The third-order valence-corrected chi connectivity index (χ3v) is 14.9. The maximum absolute atomic E-state index is 17.7. The molecule has 10 atom stereocenters. The predicted octanol–water partition coefficient (Wildman–Crippen LogP) is 4.10. The number of nitrogens with zero attached hydrogens (tertiary/aromatic N) is 1. The molecule has 358 valence electrons. The number of halogens is 2. The first-order chi connectivity index (χ1) is 32.0. The number of imide groups is 1. The lowest BCUT2D eigenvalue weighted by molar-refractivity contribution is -0.235. The Bertz CT molecular complexity index is 2360. The van der Waals surface area contributed by atoms with Gasteiger partial charge in [-0.25, -0.2) is 8.78 Å². The summed E-state index contributed by atoms with van der Waals surface area (Å²) in [4.78, 5) is 74.9. The van der Waals surface area contributed by atoms with Gasteiger partial charge in [0.1, 0.15) is 12.8 Å². The number of ketones is 2. The Kier molecular flexibility index (Phi) is 13.9. The smallest absolute Gasteiger partial charge is 0.253 e. The van der Waals surface area contributed by atoms with Crippen LogP contribution in [-0.2, 0) is 54.1 Å². The van der Waals surface area contributed by atoms with E-state index in [4.69, 9.17) is 18.9 Å². The van der Waals surface area contributed by atoms with Crippen LogP contribution >= 0.6 is 0 Å².